The molecule has 1 heterocycles. The molecule has 0 spiro atoms. The molecule has 4 heteroatoms. The minimum atomic E-state index is 0.00644. The molecular formula is C11H19N3O. The van der Waals surface area contributed by atoms with Crippen LogP contribution in [0.3, 0.4) is 0 Å². The number of nitrogens with zero attached hydrogens (tertiary/aromatic N) is 2. The average Bonchev–Trinajstić information content (AvgIpc) is 2.72. The van der Waals surface area contributed by atoms with Crippen molar-refractivity contribution in [2.45, 2.75) is 27.3 Å². The van der Waals surface area contributed by atoms with Crippen molar-refractivity contribution in [2.75, 3.05) is 13.1 Å². The summed E-state index contributed by atoms with van der Waals surface area (Å²) in [5.41, 5.74) is 0.711. The third-order valence-corrected chi connectivity index (χ3v) is 2.42. The predicted octanol–water partition coefficient (Wildman–Crippen LogP) is 1.33. The molecule has 4 nitrogen and oxygen atoms in total. The summed E-state index contributed by atoms with van der Waals surface area (Å²) < 4.78 is 1.74. The van der Waals surface area contributed by atoms with Gasteiger partial charge in [-0.3, -0.25) is 9.48 Å². The lowest BCUT2D eigenvalue weighted by atomic mass is 10.0. The van der Waals surface area contributed by atoms with Gasteiger partial charge in [0.25, 0.3) is 0 Å². The molecule has 0 radical (unpaired) electrons. The quantitative estimate of drug-likeness (QED) is 0.719. The highest BCUT2D eigenvalue weighted by Gasteiger charge is 2.17. The summed E-state index contributed by atoms with van der Waals surface area (Å²) in [5, 5.41) is 7.27. The van der Waals surface area contributed by atoms with Gasteiger partial charge in [0.15, 0.2) is 5.78 Å². The zero-order valence-corrected chi connectivity index (χ0v) is 9.66. The van der Waals surface area contributed by atoms with Crippen LogP contribution in [0.15, 0.2) is 12.3 Å². The molecule has 0 aromatic carbocycles. The molecule has 1 aromatic heterocycles. The maximum Gasteiger partial charge on any atom is 0.184 e. The van der Waals surface area contributed by atoms with Gasteiger partial charge in [0.2, 0.25) is 0 Å². The second-order valence-electron chi connectivity index (χ2n) is 3.61. The number of Topliss-reactive ketones (excluding diaryl/α,β-unsaturated/α-hetero) is 1. The lowest BCUT2D eigenvalue weighted by molar-refractivity contribution is 0.0918. The van der Waals surface area contributed by atoms with Crippen LogP contribution in [-0.2, 0) is 6.54 Å². The van der Waals surface area contributed by atoms with Gasteiger partial charge in [-0.1, -0.05) is 13.8 Å². The van der Waals surface area contributed by atoms with E-state index in [-0.39, 0.29) is 11.7 Å². The number of nitrogens with one attached hydrogen (secondary N) is 1. The van der Waals surface area contributed by atoms with Crippen LogP contribution in [0.25, 0.3) is 0 Å². The van der Waals surface area contributed by atoms with Crippen molar-refractivity contribution in [3.05, 3.63) is 18.0 Å². The maximum absolute atomic E-state index is 12.0. The molecule has 1 N–H and O–H groups in total. The molecule has 0 bridgehead atoms. The minimum absolute atomic E-state index is 0.00644. The SMILES string of the molecule is CCNCC(C)C(=O)c1ccnn1CC. The second kappa shape index (κ2) is 5.66. The van der Waals surface area contributed by atoms with Gasteiger partial charge in [-0.05, 0) is 19.5 Å². The van der Waals surface area contributed by atoms with E-state index in [4.69, 9.17) is 0 Å². The van der Waals surface area contributed by atoms with E-state index in [9.17, 15) is 4.79 Å². The number of aryl methyl sites for hydroxylation is 1. The monoisotopic (exact) mass is 209 g/mol. The first-order chi connectivity index (χ1) is 7.20. The van der Waals surface area contributed by atoms with Crippen LogP contribution in [0.5, 0.6) is 0 Å². The predicted molar refractivity (Wildman–Crippen MR) is 59.9 cm³/mol. The largest absolute Gasteiger partial charge is 0.316 e. The molecule has 1 rings (SSSR count). The summed E-state index contributed by atoms with van der Waals surface area (Å²) in [4.78, 5) is 12.0. The number of ketones is 1. The number of hydrogen-bond donors (Lipinski definition) is 1. The van der Waals surface area contributed by atoms with Crippen LogP contribution >= 0.6 is 0 Å². The van der Waals surface area contributed by atoms with Gasteiger partial charge < -0.3 is 5.32 Å². The van der Waals surface area contributed by atoms with Gasteiger partial charge in [-0.25, -0.2) is 0 Å². The molecule has 0 saturated heterocycles. The fraction of sp³-hybridized carbons (Fsp3) is 0.636. The third-order valence-electron chi connectivity index (χ3n) is 2.42. The van der Waals surface area contributed by atoms with Crippen molar-refractivity contribution >= 4 is 5.78 Å². The van der Waals surface area contributed by atoms with Crippen molar-refractivity contribution in [3.8, 4) is 0 Å². The summed E-state index contributed by atoms with van der Waals surface area (Å²) in [6.45, 7) is 8.32. The van der Waals surface area contributed by atoms with E-state index in [0.29, 0.717) is 5.69 Å². The maximum atomic E-state index is 12.0. The van der Waals surface area contributed by atoms with Crippen LogP contribution in [0.1, 0.15) is 31.3 Å². The van der Waals surface area contributed by atoms with Gasteiger partial charge in [-0.15, -0.1) is 0 Å². The lowest BCUT2D eigenvalue weighted by Gasteiger charge is -2.11. The van der Waals surface area contributed by atoms with Crippen LogP contribution < -0.4 is 5.32 Å². The summed E-state index contributed by atoms with van der Waals surface area (Å²) in [6, 6.07) is 1.79. The molecule has 84 valence electrons. The smallest absolute Gasteiger partial charge is 0.184 e. The highest BCUT2D eigenvalue weighted by atomic mass is 16.1. The van der Waals surface area contributed by atoms with E-state index in [1.165, 1.54) is 0 Å². The van der Waals surface area contributed by atoms with Crippen LogP contribution in [-0.4, -0.2) is 28.7 Å². The molecule has 1 atom stereocenters. The first-order valence-electron chi connectivity index (χ1n) is 5.47. The van der Waals surface area contributed by atoms with Gasteiger partial charge in [0.1, 0.15) is 5.69 Å². The Morgan fingerprint density at radius 1 is 1.60 bits per heavy atom. The zero-order valence-electron chi connectivity index (χ0n) is 9.66. The molecule has 15 heavy (non-hydrogen) atoms. The topological polar surface area (TPSA) is 46.9 Å². The molecule has 1 unspecified atom stereocenters. The number of carbonyl (C=O) groups is 1. The Morgan fingerprint density at radius 3 is 2.93 bits per heavy atom. The van der Waals surface area contributed by atoms with Crippen molar-refractivity contribution in [2.24, 2.45) is 5.92 Å². The normalized spacial score (nSPS) is 12.7. The van der Waals surface area contributed by atoms with Gasteiger partial charge in [-0.2, -0.15) is 5.10 Å². The van der Waals surface area contributed by atoms with Crippen molar-refractivity contribution in [1.82, 2.24) is 15.1 Å². The second-order valence-corrected chi connectivity index (χ2v) is 3.61. The van der Waals surface area contributed by atoms with Gasteiger partial charge >= 0.3 is 0 Å². The highest BCUT2D eigenvalue weighted by Crippen LogP contribution is 2.07. The molecular weight excluding hydrogens is 190 g/mol. The lowest BCUT2D eigenvalue weighted by Crippen LogP contribution is -2.27. The average molecular weight is 209 g/mol. The van der Waals surface area contributed by atoms with E-state index in [1.54, 1.807) is 16.9 Å². The minimum Gasteiger partial charge on any atom is -0.316 e. The van der Waals surface area contributed by atoms with E-state index in [2.05, 4.69) is 10.4 Å². The Bertz CT molecular complexity index is 319. The highest BCUT2D eigenvalue weighted by molar-refractivity contribution is 5.96. The molecule has 0 aliphatic rings. The summed E-state index contributed by atoms with van der Waals surface area (Å²) in [7, 11) is 0. The molecule has 0 aliphatic carbocycles. The van der Waals surface area contributed by atoms with Gasteiger partial charge in [0, 0.05) is 25.2 Å². The van der Waals surface area contributed by atoms with Crippen molar-refractivity contribution in [3.63, 3.8) is 0 Å². The van der Waals surface area contributed by atoms with E-state index < -0.39 is 0 Å². The summed E-state index contributed by atoms with van der Waals surface area (Å²) >= 11 is 0. The van der Waals surface area contributed by atoms with Crippen LogP contribution in [0.2, 0.25) is 0 Å². The third kappa shape index (κ3) is 2.89. The number of hydrogen-bond acceptors (Lipinski definition) is 3. The Hall–Kier alpha value is -1.16. The molecule has 0 aliphatic heterocycles. The fourth-order valence-electron chi connectivity index (χ4n) is 1.50. The molecule has 0 saturated carbocycles. The first-order valence-corrected chi connectivity index (χ1v) is 5.47. The fourth-order valence-corrected chi connectivity index (χ4v) is 1.50. The van der Waals surface area contributed by atoms with E-state index in [1.807, 2.05) is 20.8 Å². The number of carbonyl (C=O) groups excluding carboxylic acids is 1. The molecule has 0 amide bonds. The first kappa shape index (κ1) is 11.9. The van der Waals surface area contributed by atoms with Crippen molar-refractivity contribution < 1.29 is 4.79 Å². The number of rotatable bonds is 6. The Kier molecular flexibility index (Phi) is 4.49. The Labute approximate surface area is 90.7 Å². The van der Waals surface area contributed by atoms with E-state index in [0.717, 1.165) is 19.6 Å². The number of aromatic nitrogens is 2. The Balaban J connectivity index is 2.67. The van der Waals surface area contributed by atoms with Crippen molar-refractivity contribution in [1.29, 1.82) is 0 Å². The molecule has 0 fully saturated rings. The Morgan fingerprint density at radius 2 is 2.33 bits per heavy atom. The summed E-state index contributed by atoms with van der Waals surface area (Å²) in [6.07, 6.45) is 1.68. The molecule has 1 aromatic rings. The van der Waals surface area contributed by atoms with Crippen LogP contribution in [0.4, 0.5) is 0 Å². The van der Waals surface area contributed by atoms with Gasteiger partial charge in [0.05, 0.1) is 0 Å². The standard InChI is InChI=1S/C11H19N3O/c1-4-12-8-9(3)11(15)10-6-7-13-14(10)5-2/h6-7,9,12H,4-5,8H2,1-3H3. The van der Waals surface area contributed by atoms with E-state index >= 15 is 0 Å². The zero-order chi connectivity index (χ0) is 11.3. The summed E-state index contributed by atoms with van der Waals surface area (Å²) in [5.74, 6) is 0.169. The van der Waals surface area contributed by atoms with Crippen LogP contribution in [0, 0.1) is 5.92 Å².